The maximum atomic E-state index is 12.4. The summed E-state index contributed by atoms with van der Waals surface area (Å²) in [5.74, 6) is 0.425. The molecule has 2 aromatic rings. The number of carbonyl (C=O) groups excluding carboxylic acids is 1. The van der Waals surface area contributed by atoms with Gasteiger partial charge in [0.2, 0.25) is 0 Å². The molecule has 0 spiro atoms. The molecular formula is C16H20N4O. The molecule has 3 rings (SSSR count). The lowest BCUT2D eigenvalue weighted by Gasteiger charge is -2.18. The van der Waals surface area contributed by atoms with Gasteiger partial charge in [-0.05, 0) is 24.3 Å². The largest absolute Gasteiger partial charge is 0.344 e. The van der Waals surface area contributed by atoms with E-state index in [1.807, 2.05) is 22.8 Å². The summed E-state index contributed by atoms with van der Waals surface area (Å²) < 4.78 is 1.84. The summed E-state index contributed by atoms with van der Waals surface area (Å²) in [7, 11) is 0. The van der Waals surface area contributed by atoms with Crippen molar-refractivity contribution in [2.24, 2.45) is 11.7 Å². The van der Waals surface area contributed by atoms with Crippen LogP contribution in [0.5, 0.6) is 0 Å². The number of nitrogens with zero attached hydrogens (tertiary/aromatic N) is 2. The highest BCUT2D eigenvalue weighted by Crippen LogP contribution is 2.41. The first-order chi connectivity index (χ1) is 10.3. The van der Waals surface area contributed by atoms with Gasteiger partial charge in [-0.1, -0.05) is 30.3 Å². The zero-order valence-corrected chi connectivity index (χ0v) is 11.9. The standard InChI is InChI=1S/C16H20N4O/c17-8-9-20-10-14(18-11-20)16(21)19-15(13-6-7-13)12-4-2-1-3-5-12/h1-5,10-11,13,15H,6-9,17H2,(H,19,21). The lowest BCUT2D eigenvalue weighted by Crippen LogP contribution is -2.30. The van der Waals surface area contributed by atoms with Crippen LogP contribution in [0, 0.1) is 5.92 Å². The Hall–Kier alpha value is -2.14. The van der Waals surface area contributed by atoms with Crippen LogP contribution in [-0.2, 0) is 6.54 Å². The predicted octanol–water partition coefficient (Wildman–Crippen LogP) is 1.72. The molecule has 3 N–H and O–H groups in total. The monoisotopic (exact) mass is 284 g/mol. The zero-order chi connectivity index (χ0) is 14.7. The van der Waals surface area contributed by atoms with Gasteiger partial charge in [-0.2, -0.15) is 0 Å². The van der Waals surface area contributed by atoms with Gasteiger partial charge in [-0.3, -0.25) is 4.79 Å². The van der Waals surface area contributed by atoms with Crippen molar-refractivity contribution in [3.05, 3.63) is 54.1 Å². The fraction of sp³-hybridized carbons (Fsp3) is 0.375. The summed E-state index contributed by atoms with van der Waals surface area (Å²) in [4.78, 5) is 16.5. The van der Waals surface area contributed by atoms with Crippen LogP contribution < -0.4 is 11.1 Å². The molecule has 1 aliphatic rings. The van der Waals surface area contributed by atoms with Crippen molar-refractivity contribution in [3.63, 3.8) is 0 Å². The number of hydrogen-bond acceptors (Lipinski definition) is 3. The second-order valence-electron chi connectivity index (χ2n) is 5.48. The first-order valence-corrected chi connectivity index (χ1v) is 7.35. The SMILES string of the molecule is NCCn1cnc(C(=O)NC(c2ccccc2)C2CC2)c1. The van der Waals surface area contributed by atoms with Crippen LogP contribution in [-0.4, -0.2) is 22.0 Å². The van der Waals surface area contributed by atoms with Gasteiger partial charge in [0.15, 0.2) is 0 Å². The Labute approximate surface area is 124 Å². The van der Waals surface area contributed by atoms with E-state index >= 15 is 0 Å². The summed E-state index contributed by atoms with van der Waals surface area (Å²) in [5, 5.41) is 3.12. The first-order valence-electron chi connectivity index (χ1n) is 7.35. The minimum Gasteiger partial charge on any atom is -0.344 e. The lowest BCUT2D eigenvalue weighted by atomic mass is 10.0. The molecular weight excluding hydrogens is 264 g/mol. The van der Waals surface area contributed by atoms with E-state index in [0.717, 1.165) is 5.56 Å². The van der Waals surface area contributed by atoms with Gasteiger partial charge in [-0.15, -0.1) is 0 Å². The highest BCUT2D eigenvalue weighted by atomic mass is 16.2. The molecule has 21 heavy (non-hydrogen) atoms. The molecule has 1 saturated carbocycles. The zero-order valence-electron chi connectivity index (χ0n) is 11.9. The number of hydrogen-bond donors (Lipinski definition) is 2. The molecule has 0 bridgehead atoms. The Kier molecular flexibility index (Phi) is 4.01. The van der Waals surface area contributed by atoms with E-state index in [4.69, 9.17) is 5.73 Å². The van der Waals surface area contributed by atoms with Crippen molar-refractivity contribution >= 4 is 5.91 Å². The van der Waals surface area contributed by atoms with Gasteiger partial charge in [-0.25, -0.2) is 4.98 Å². The fourth-order valence-electron chi connectivity index (χ4n) is 2.53. The lowest BCUT2D eigenvalue weighted by molar-refractivity contribution is 0.0927. The predicted molar refractivity (Wildman–Crippen MR) is 80.7 cm³/mol. The van der Waals surface area contributed by atoms with Crippen molar-refractivity contribution in [3.8, 4) is 0 Å². The molecule has 1 fully saturated rings. The molecule has 5 heteroatoms. The van der Waals surface area contributed by atoms with Gasteiger partial charge in [0.1, 0.15) is 5.69 Å². The van der Waals surface area contributed by atoms with Crippen LogP contribution in [0.4, 0.5) is 0 Å². The molecule has 1 amide bonds. The molecule has 0 saturated heterocycles. The second kappa shape index (κ2) is 6.10. The highest BCUT2D eigenvalue weighted by molar-refractivity contribution is 5.92. The van der Waals surface area contributed by atoms with E-state index in [9.17, 15) is 4.79 Å². The number of nitrogens with two attached hydrogens (primary N) is 1. The molecule has 1 aromatic heterocycles. The Bertz CT molecular complexity index is 604. The summed E-state index contributed by atoms with van der Waals surface area (Å²) >= 11 is 0. The summed E-state index contributed by atoms with van der Waals surface area (Å²) in [6, 6.07) is 10.2. The Morgan fingerprint density at radius 1 is 1.38 bits per heavy atom. The molecule has 0 radical (unpaired) electrons. The Balaban J connectivity index is 1.72. The second-order valence-corrected chi connectivity index (χ2v) is 5.48. The smallest absolute Gasteiger partial charge is 0.271 e. The van der Waals surface area contributed by atoms with Crippen LogP contribution in [0.2, 0.25) is 0 Å². The average molecular weight is 284 g/mol. The highest BCUT2D eigenvalue weighted by Gasteiger charge is 2.33. The van der Waals surface area contributed by atoms with Crippen molar-refractivity contribution < 1.29 is 4.79 Å². The minimum absolute atomic E-state index is 0.0818. The first kappa shape index (κ1) is 13.8. The number of benzene rings is 1. The average Bonchev–Trinajstić information content (AvgIpc) is 3.24. The number of aromatic nitrogens is 2. The van der Waals surface area contributed by atoms with E-state index in [2.05, 4.69) is 22.4 Å². The van der Waals surface area contributed by atoms with E-state index in [0.29, 0.717) is 24.7 Å². The van der Waals surface area contributed by atoms with Gasteiger partial charge >= 0.3 is 0 Å². The van der Waals surface area contributed by atoms with E-state index in [-0.39, 0.29) is 11.9 Å². The van der Waals surface area contributed by atoms with Crippen molar-refractivity contribution in [2.75, 3.05) is 6.54 Å². The third-order valence-electron chi connectivity index (χ3n) is 3.79. The van der Waals surface area contributed by atoms with Gasteiger partial charge in [0.05, 0.1) is 12.4 Å². The molecule has 1 unspecified atom stereocenters. The topological polar surface area (TPSA) is 72.9 Å². The van der Waals surface area contributed by atoms with E-state index in [1.54, 1.807) is 12.5 Å². The summed E-state index contributed by atoms with van der Waals surface area (Å²) in [6.45, 7) is 1.21. The number of amides is 1. The number of nitrogens with one attached hydrogen (secondary N) is 1. The van der Waals surface area contributed by atoms with Crippen molar-refractivity contribution in [1.82, 2.24) is 14.9 Å². The summed E-state index contributed by atoms with van der Waals surface area (Å²) in [5.41, 5.74) is 7.11. The Morgan fingerprint density at radius 2 is 2.14 bits per heavy atom. The third kappa shape index (κ3) is 3.31. The number of carbonyl (C=O) groups is 1. The normalized spacial score (nSPS) is 15.7. The molecule has 1 aromatic carbocycles. The molecule has 110 valence electrons. The maximum Gasteiger partial charge on any atom is 0.271 e. The quantitative estimate of drug-likeness (QED) is 0.848. The van der Waals surface area contributed by atoms with Crippen LogP contribution in [0.1, 0.15) is 34.9 Å². The third-order valence-corrected chi connectivity index (χ3v) is 3.79. The number of rotatable bonds is 6. The molecule has 5 nitrogen and oxygen atoms in total. The number of imidazole rings is 1. The van der Waals surface area contributed by atoms with E-state index in [1.165, 1.54) is 12.8 Å². The van der Waals surface area contributed by atoms with Crippen LogP contribution in [0.15, 0.2) is 42.9 Å². The fourth-order valence-corrected chi connectivity index (χ4v) is 2.53. The maximum absolute atomic E-state index is 12.4. The molecule has 1 aliphatic carbocycles. The Morgan fingerprint density at radius 3 is 2.81 bits per heavy atom. The molecule has 1 heterocycles. The van der Waals surface area contributed by atoms with Crippen LogP contribution >= 0.6 is 0 Å². The molecule has 0 aliphatic heterocycles. The van der Waals surface area contributed by atoms with Gasteiger partial charge in [0.25, 0.3) is 5.91 Å². The van der Waals surface area contributed by atoms with Crippen molar-refractivity contribution in [1.29, 1.82) is 0 Å². The van der Waals surface area contributed by atoms with E-state index < -0.39 is 0 Å². The van der Waals surface area contributed by atoms with Gasteiger partial charge in [0, 0.05) is 19.3 Å². The summed E-state index contributed by atoms with van der Waals surface area (Å²) in [6.07, 6.45) is 5.73. The van der Waals surface area contributed by atoms with Crippen LogP contribution in [0.3, 0.4) is 0 Å². The molecule has 1 atom stereocenters. The van der Waals surface area contributed by atoms with Crippen molar-refractivity contribution in [2.45, 2.75) is 25.4 Å². The van der Waals surface area contributed by atoms with Crippen LogP contribution in [0.25, 0.3) is 0 Å². The minimum atomic E-state index is -0.119. The van der Waals surface area contributed by atoms with Gasteiger partial charge < -0.3 is 15.6 Å².